The first-order chi connectivity index (χ1) is 12.8. The maximum Gasteiger partial charge on any atom is 0.229 e. The Morgan fingerprint density at radius 2 is 1.78 bits per heavy atom. The third kappa shape index (κ3) is 3.39. The van der Waals surface area contributed by atoms with Gasteiger partial charge in [-0.25, -0.2) is 8.42 Å². The molecule has 8 heteroatoms. The minimum Gasteiger partial charge on any atom is -0.289 e. The van der Waals surface area contributed by atoms with Gasteiger partial charge in [-0.3, -0.25) is 19.2 Å². The molecule has 0 aliphatic heterocycles. The number of hydrogen-bond donors (Lipinski definition) is 1. The van der Waals surface area contributed by atoms with E-state index in [0.29, 0.717) is 27.4 Å². The van der Waals surface area contributed by atoms with Gasteiger partial charge in [0, 0.05) is 47.0 Å². The Hall–Kier alpha value is -3.26. The van der Waals surface area contributed by atoms with Crippen molar-refractivity contribution in [3.05, 3.63) is 65.2 Å². The van der Waals surface area contributed by atoms with E-state index in [1.54, 1.807) is 53.5 Å². The highest BCUT2D eigenvalue weighted by molar-refractivity contribution is 7.92. The van der Waals surface area contributed by atoms with E-state index in [0.717, 1.165) is 17.4 Å². The molecule has 0 spiro atoms. The third-order valence-corrected chi connectivity index (χ3v) is 4.83. The van der Waals surface area contributed by atoms with Gasteiger partial charge in [-0.1, -0.05) is 12.1 Å². The van der Waals surface area contributed by atoms with Gasteiger partial charge in [-0.2, -0.15) is 5.10 Å². The van der Waals surface area contributed by atoms with Crippen molar-refractivity contribution in [1.29, 1.82) is 0 Å². The second-order valence-corrected chi connectivity index (χ2v) is 8.15. The van der Waals surface area contributed by atoms with Crippen molar-refractivity contribution in [2.45, 2.75) is 0 Å². The van der Waals surface area contributed by atoms with Gasteiger partial charge < -0.3 is 0 Å². The summed E-state index contributed by atoms with van der Waals surface area (Å²) in [6, 6.07) is 10.3. The van der Waals surface area contributed by atoms with Gasteiger partial charge in [-0.05, 0) is 29.7 Å². The molecular weight excluding hydrogens is 364 g/mol. The van der Waals surface area contributed by atoms with Crippen molar-refractivity contribution >= 4 is 37.4 Å². The van der Waals surface area contributed by atoms with E-state index in [1.807, 2.05) is 13.2 Å². The van der Waals surface area contributed by atoms with Crippen molar-refractivity contribution in [3.63, 3.8) is 0 Å². The number of anilines is 1. The fourth-order valence-corrected chi connectivity index (χ4v) is 3.56. The summed E-state index contributed by atoms with van der Waals surface area (Å²) in [5.41, 5.74) is 2.36. The van der Waals surface area contributed by atoms with Crippen LogP contribution in [0.25, 0.3) is 32.8 Å². The third-order valence-electron chi connectivity index (χ3n) is 4.22. The lowest BCUT2D eigenvalue weighted by Gasteiger charge is -2.03. The summed E-state index contributed by atoms with van der Waals surface area (Å²) in [6.45, 7) is 0. The monoisotopic (exact) mass is 380 g/mol. The summed E-state index contributed by atoms with van der Waals surface area (Å²) < 4.78 is 27.1. The molecule has 0 radical (unpaired) electrons. The van der Waals surface area contributed by atoms with E-state index in [1.165, 1.54) is 0 Å². The van der Waals surface area contributed by atoms with Crippen LogP contribution >= 0.6 is 0 Å². The number of benzene rings is 1. The Balaban J connectivity index is 1.99. The number of nitrogens with one attached hydrogen (secondary N) is 1. The van der Waals surface area contributed by atoms with Crippen LogP contribution in [0.15, 0.2) is 59.8 Å². The molecule has 2 heterocycles. The van der Waals surface area contributed by atoms with Gasteiger partial charge in [0.2, 0.25) is 10.0 Å². The van der Waals surface area contributed by atoms with Gasteiger partial charge in [0.1, 0.15) is 0 Å². The van der Waals surface area contributed by atoms with Crippen molar-refractivity contribution in [2.75, 3.05) is 11.0 Å². The summed E-state index contributed by atoms with van der Waals surface area (Å²) >= 11 is 0. The average molecular weight is 380 g/mol. The lowest BCUT2D eigenvalue weighted by molar-refractivity contribution is 0.607. The number of pyridine rings is 1. The topological polar surface area (TPSA) is 94.0 Å². The van der Waals surface area contributed by atoms with E-state index in [9.17, 15) is 13.2 Å². The van der Waals surface area contributed by atoms with Gasteiger partial charge >= 0.3 is 0 Å². The molecule has 0 fully saturated rings. The molecule has 7 nitrogen and oxygen atoms in total. The van der Waals surface area contributed by atoms with Gasteiger partial charge in [0.25, 0.3) is 0 Å². The van der Waals surface area contributed by atoms with Crippen LogP contribution in [0.1, 0.15) is 0 Å². The molecule has 0 atom stereocenters. The summed E-state index contributed by atoms with van der Waals surface area (Å²) in [4.78, 5) is 17.6. The smallest absolute Gasteiger partial charge is 0.229 e. The van der Waals surface area contributed by atoms with E-state index >= 15 is 0 Å². The average Bonchev–Trinajstić information content (AvgIpc) is 2.99. The number of hydrogen-bond acceptors (Lipinski definition) is 5. The predicted molar refractivity (Wildman–Crippen MR) is 106 cm³/mol. The molecule has 2 aromatic heterocycles. The van der Waals surface area contributed by atoms with E-state index in [4.69, 9.17) is 0 Å². The van der Waals surface area contributed by atoms with Crippen LogP contribution in [0.2, 0.25) is 0 Å². The quantitative estimate of drug-likeness (QED) is 0.589. The maximum atomic E-state index is 13.2. The number of fused-ring (bicyclic) bond motifs is 2. The Kier molecular flexibility index (Phi) is 3.92. The molecule has 0 amide bonds. The number of rotatable bonds is 3. The Morgan fingerprint density at radius 1 is 1.00 bits per heavy atom. The number of aryl methyl sites for hydroxylation is 1. The normalized spacial score (nSPS) is 11.8. The number of sulfonamides is 1. The standard InChI is InChI=1S/C19H16N4O3S/c1-23-11-14(10-21-23)13-7-17-18(20-9-13)6-4-12-3-5-15(22-27(2,25)26)8-16(12)19(17)24/h3-11,22H,1-2H3. The molecule has 136 valence electrons. The molecule has 0 bridgehead atoms. The highest BCUT2D eigenvalue weighted by Gasteiger charge is 2.09. The first-order valence-electron chi connectivity index (χ1n) is 8.14. The van der Waals surface area contributed by atoms with Crippen molar-refractivity contribution in [1.82, 2.24) is 14.8 Å². The van der Waals surface area contributed by atoms with Crippen LogP contribution in [0.3, 0.4) is 0 Å². The summed E-state index contributed by atoms with van der Waals surface area (Å²) in [5, 5.41) is 5.74. The highest BCUT2D eigenvalue weighted by atomic mass is 32.2. The molecule has 0 aliphatic carbocycles. The largest absolute Gasteiger partial charge is 0.289 e. The number of nitrogens with zero attached hydrogens (tertiary/aromatic N) is 3. The SMILES string of the molecule is Cn1cc(-c2cnc3ccc4ccc(NS(C)(=O)=O)cc4c(=O)c3c2)cn1. The predicted octanol–water partition coefficient (Wildman–Crippen LogP) is 2.52. The first kappa shape index (κ1) is 17.2. The molecule has 1 N–H and O–H groups in total. The molecule has 0 unspecified atom stereocenters. The van der Waals surface area contributed by atoms with E-state index in [2.05, 4.69) is 14.8 Å². The highest BCUT2D eigenvalue weighted by Crippen LogP contribution is 2.23. The molecule has 4 rings (SSSR count). The minimum absolute atomic E-state index is 0.208. The zero-order chi connectivity index (χ0) is 19.2. The van der Waals surface area contributed by atoms with Crippen molar-refractivity contribution < 1.29 is 8.42 Å². The lowest BCUT2D eigenvalue weighted by atomic mass is 10.1. The molecule has 0 aliphatic rings. The fraction of sp³-hybridized carbons (Fsp3) is 0.105. The zero-order valence-corrected chi connectivity index (χ0v) is 15.5. The zero-order valence-electron chi connectivity index (χ0n) is 14.7. The van der Waals surface area contributed by atoms with Crippen LogP contribution in [0.4, 0.5) is 5.69 Å². The Labute approximate surface area is 155 Å². The van der Waals surface area contributed by atoms with E-state index < -0.39 is 10.0 Å². The maximum absolute atomic E-state index is 13.2. The van der Waals surface area contributed by atoms with Crippen molar-refractivity contribution in [3.8, 4) is 11.1 Å². The Morgan fingerprint density at radius 3 is 2.48 bits per heavy atom. The molecule has 0 saturated carbocycles. The van der Waals surface area contributed by atoms with Crippen LogP contribution < -0.4 is 10.2 Å². The van der Waals surface area contributed by atoms with Gasteiger partial charge in [-0.15, -0.1) is 0 Å². The first-order valence-corrected chi connectivity index (χ1v) is 10.0. The molecule has 27 heavy (non-hydrogen) atoms. The van der Waals surface area contributed by atoms with Crippen LogP contribution in [0, 0.1) is 0 Å². The Bertz CT molecular complexity index is 1360. The molecule has 0 saturated heterocycles. The van der Waals surface area contributed by atoms with Crippen LogP contribution in [-0.4, -0.2) is 29.4 Å². The summed E-state index contributed by atoms with van der Waals surface area (Å²) in [5.74, 6) is 0. The minimum atomic E-state index is -3.43. The summed E-state index contributed by atoms with van der Waals surface area (Å²) in [7, 11) is -1.61. The number of aromatic nitrogens is 3. The molecule has 2 aromatic carbocycles. The van der Waals surface area contributed by atoms with Crippen LogP contribution in [0.5, 0.6) is 0 Å². The van der Waals surface area contributed by atoms with Crippen molar-refractivity contribution in [2.24, 2.45) is 7.05 Å². The second-order valence-electron chi connectivity index (χ2n) is 6.40. The molecular formula is C19H16N4O3S. The fourth-order valence-electron chi connectivity index (χ4n) is 3.01. The van der Waals surface area contributed by atoms with Crippen LogP contribution in [-0.2, 0) is 17.1 Å². The van der Waals surface area contributed by atoms with E-state index in [-0.39, 0.29) is 5.43 Å². The molecule has 4 aromatic rings. The lowest BCUT2D eigenvalue weighted by Crippen LogP contribution is -2.10. The van der Waals surface area contributed by atoms with Gasteiger partial charge in [0.15, 0.2) is 5.43 Å². The van der Waals surface area contributed by atoms with Gasteiger partial charge in [0.05, 0.1) is 18.0 Å². The second kappa shape index (κ2) is 6.17. The summed E-state index contributed by atoms with van der Waals surface area (Å²) in [6.07, 6.45) is 6.34.